The molecule has 0 bridgehead atoms. The Hall–Kier alpha value is -0.190. The predicted molar refractivity (Wildman–Crippen MR) is 81.9 cm³/mol. The van der Waals surface area contributed by atoms with Crippen LogP contribution in [0.3, 0.4) is 0 Å². The molecule has 0 heterocycles. The Balaban J connectivity index is 0. The van der Waals surface area contributed by atoms with Crippen molar-refractivity contribution in [1.29, 1.82) is 0 Å². The molecule has 3 nitrogen and oxygen atoms in total. The van der Waals surface area contributed by atoms with Gasteiger partial charge < -0.3 is 10.6 Å². The van der Waals surface area contributed by atoms with Gasteiger partial charge in [-0.1, -0.05) is 6.42 Å². The average molecular weight is 343 g/mol. The van der Waals surface area contributed by atoms with Crippen molar-refractivity contribution in [3.63, 3.8) is 0 Å². The number of nitrogens with zero attached hydrogens (tertiary/aromatic N) is 3. The van der Waals surface area contributed by atoms with Crippen LogP contribution < -0.4 is 0 Å². The molecule has 0 aromatic heterocycles. The summed E-state index contributed by atoms with van der Waals surface area (Å²) in [5.74, 6) is 0. The van der Waals surface area contributed by atoms with E-state index in [4.69, 9.17) is 0 Å². The van der Waals surface area contributed by atoms with Crippen molar-refractivity contribution in [3.05, 3.63) is 40.5 Å². The summed E-state index contributed by atoms with van der Waals surface area (Å²) >= 11 is 1.55. The van der Waals surface area contributed by atoms with Crippen LogP contribution >= 0.6 is 0 Å². The van der Waals surface area contributed by atoms with E-state index in [9.17, 15) is 0 Å². The van der Waals surface area contributed by atoms with Crippen LogP contribution in [0.2, 0.25) is 0 Å². The molecule has 0 aliphatic heterocycles. The minimum absolute atomic E-state index is 0.231. The van der Waals surface area contributed by atoms with E-state index in [1.807, 2.05) is 7.05 Å². The molecule has 0 N–H and O–H groups in total. The molecule has 1 rings (SSSR count). The quantitative estimate of drug-likeness (QED) is 0.559. The van der Waals surface area contributed by atoms with Gasteiger partial charge in [0, 0.05) is 0 Å². The second-order valence-electron chi connectivity index (χ2n) is 4.80. The fraction of sp³-hybridized carbons (Fsp3) is 0.667. The molecule has 1 aromatic rings. The Kier molecular flexibility index (Phi) is 15.8. The first kappa shape index (κ1) is 21.1. The first-order valence-corrected chi connectivity index (χ1v) is 7.56. The van der Waals surface area contributed by atoms with Crippen LogP contribution in [0.1, 0.15) is 32.8 Å². The summed E-state index contributed by atoms with van der Waals surface area (Å²) in [6, 6.07) is 8.38. The summed E-state index contributed by atoms with van der Waals surface area (Å²) in [6.07, 6.45) is 2.23. The summed E-state index contributed by atoms with van der Waals surface area (Å²) in [5.41, 5.74) is 1.62. The van der Waals surface area contributed by atoms with Gasteiger partial charge in [0.1, 0.15) is 0 Å². The molecule has 0 spiro atoms. The molecule has 0 unspecified atom stereocenters. The molecule has 0 saturated heterocycles. The van der Waals surface area contributed by atoms with Crippen LogP contribution in [0.15, 0.2) is 27.6 Å². The van der Waals surface area contributed by atoms with Gasteiger partial charge in [-0.3, -0.25) is 0 Å². The molecule has 0 atom stereocenters. The van der Waals surface area contributed by atoms with Crippen LogP contribution in [0, 0.1) is 0 Å². The Morgan fingerprint density at radius 2 is 1.89 bits per heavy atom. The van der Waals surface area contributed by atoms with E-state index in [0.29, 0.717) is 0 Å². The van der Waals surface area contributed by atoms with Gasteiger partial charge in [0.2, 0.25) is 0 Å². The van der Waals surface area contributed by atoms with Crippen molar-refractivity contribution >= 4 is 0 Å². The van der Waals surface area contributed by atoms with E-state index < -0.39 is 0 Å². The third kappa shape index (κ3) is 15.8. The van der Waals surface area contributed by atoms with Crippen molar-refractivity contribution in [2.24, 2.45) is 3.34 Å². The van der Waals surface area contributed by atoms with Gasteiger partial charge in [0.25, 0.3) is 0 Å². The molecule has 0 saturated carbocycles. The summed E-state index contributed by atoms with van der Waals surface area (Å²) in [5, 5.41) is 7.51. The Morgan fingerprint density at radius 3 is 2.16 bits per heavy atom. The molecule has 19 heavy (non-hydrogen) atoms. The van der Waals surface area contributed by atoms with Crippen molar-refractivity contribution in [1.82, 2.24) is 0 Å². The summed E-state index contributed by atoms with van der Waals surface area (Å²) in [6.45, 7) is 7.39. The predicted octanol–water partition coefficient (Wildman–Crippen LogP) is 4.48. The van der Waals surface area contributed by atoms with Gasteiger partial charge in [0.15, 0.2) is 0 Å². The minimum atomic E-state index is 0.231. The van der Waals surface area contributed by atoms with Crippen molar-refractivity contribution < 1.29 is 20.9 Å². The van der Waals surface area contributed by atoms with Crippen LogP contribution in [0.4, 0.5) is 0 Å². The van der Waals surface area contributed by atoms with Crippen molar-refractivity contribution in [2.75, 3.05) is 27.7 Å². The molecule has 0 aliphatic rings. The maximum atomic E-state index is 4.19. The Labute approximate surface area is 131 Å². The van der Waals surface area contributed by atoms with Crippen LogP contribution in [0.25, 0.3) is 10.6 Å². The third-order valence-corrected chi connectivity index (χ3v) is 3.82. The summed E-state index contributed by atoms with van der Waals surface area (Å²) in [7, 11) is 5.35. The van der Waals surface area contributed by atoms with Crippen molar-refractivity contribution in [3.8, 4) is 0 Å². The summed E-state index contributed by atoms with van der Waals surface area (Å²) in [4.78, 5) is 0. The van der Waals surface area contributed by atoms with E-state index in [0.717, 1.165) is 19.4 Å². The topological polar surface area (TPSA) is 40.6 Å². The Morgan fingerprint density at radius 1 is 1.32 bits per heavy atom. The van der Waals surface area contributed by atoms with E-state index in [1.165, 1.54) is 5.56 Å². The third-order valence-electron chi connectivity index (χ3n) is 2.49. The number of likely N-dealkylation sites (N-methyl/N-ethyl adjacent to an activating group) is 1. The number of rotatable bonds is 5. The molecule has 0 radical (unpaired) electrons. The molecular weight excluding hydrogens is 315 g/mol. The molecule has 0 fully saturated rings. The zero-order valence-corrected chi connectivity index (χ0v) is 15.4. The fourth-order valence-electron chi connectivity index (χ4n) is 0.892. The van der Waals surface area contributed by atoms with Gasteiger partial charge in [-0.2, -0.15) is 38.8 Å². The van der Waals surface area contributed by atoms with Gasteiger partial charge in [0.05, 0.1) is 0 Å². The molecule has 0 aliphatic carbocycles. The van der Waals surface area contributed by atoms with Gasteiger partial charge in [-0.15, -0.1) is 6.54 Å². The van der Waals surface area contributed by atoms with Crippen LogP contribution in [0.5, 0.6) is 0 Å². The van der Waals surface area contributed by atoms with E-state index in [-0.39, 0.29) is 5.54 Å². The van der Waals surface area contributed by atoms with E-state index in [2.05, 4.69) is 59.0 Å². The average Bonchev–Trinajstić information content (AvgIpc) is 2.91. The maximum absolute atomic E-state index is 4.19. The molecule has 4 heteroatoms. The zero-order chi connectivity index (χ0) is 15.1. The maximum Gasteiger partial charge on any atom is -0.0704 e. The molecular formula is C15H28N3Nb-3. The van der Waals surface area contributed by atoms with Gasteiger partial charge in [-0.25, -0.2) is 12.1 Å². The largest absolute Gasteiger partial charge is 0.668 e. The SMILES string of the molecule is CCC(C)(C)[N]=[Nb].C[N-]C.C[N-]CCc1ccc[cH-]1. The summed E-state index contributed by atoms with van der Waals surface area (Å²) < 4.78 is 4.19. The van der Waals surface area contributed by atoms with Gasteiger partial charge in [-0.05, 0) is 0 Å². The minimum Gasteiger partial charge on any atom is -0.668 e. The smallest absolute Gasteiger partial charge is 0.0704 e. The van der Waals surface area contributed by atoms with Crippen LogP contribution in [-0.2, 0) is 27.3 Å². The standard InChI is InChI=1S/C8H11N.C5H11N.C2H6N.Nb/c1-9-7-6-8-4-2-3-5-8;1-4-5(2,3)6;1-3-2;/h2-5H,6-7H2,1H3;4H2,1-3H3;1-2H3;/q-2;;-1;. The second kappa shape index (κ2) is 14.2. The Bertz CT molecular complexity index is 282. The molecule has 1 aromatic carbocycles. The first-order valence-electron chi connectivity index (χ1n) is 6.57. The first-order chi connectivity index (χ1) is 8.97. The van der Waals surface area contributed by atoms with Crippen molar-refractivity contribution in [2.45, 2.75) is 39.2 Å². The fourth-order valence-corrected chi connectivity index (χ4v) is 1.24. The molecule has 111 valence electrons. The van der Waals surface area contributed by atoms with E-state index in [1.54, 1.807) is 35.0 Å². The van der Waals surface area contributed by atoms with E-state index >= 15 is 0 Å². The number of hydrogen-bond acceptors (Lipinski definition) is 1. The van der Waals surface area contributed by atoms with Gasteiger partial charge >= 0.3 is 57.0 Å². The normalized spacial score (nSPS) is 9.74. The second-order valence-corrected chi connectivity index (χ2v) is 5.29. The van der Waals surface area contributed by atoms with Crippen LogP contribution in [-0.4, -0.2) is 33.2 Å². The number of hydrogen-bond donors (Lipinski definition) is 0. The zero-order valence-electron chi connectivity index (χ0n) is 13.2. The monoisotopic (exact) mass is 343 g/mol. The molecule has 0 amide bonds.